The molecule has 0 radical (unpaired) electrons. The van der Waals surface area contributed by atoms with Crippen molar-refractivity contribution in [3.05, 3.63) is 6.20 Å². The van der Waals surface area contributed by atoms with E-state index < -0.39 is 26.8 Å². The van der Waals surface area contributed by atoms with Crippen LogP contribution in [0.2, 0.25) is 0 Å². The molecule has 0 saturated heterocycles. The van der Waals surface area contributed by atoms with Crippen LogP contribution in [0.1, 0.15) is 34.6 Å². The highest BCUT2D eigenvalue weighted by atomic mass is 32.2. The number of nitrogens with two attached hydrogens (primary N) is 1. The van der Waals surface area contributed by atoms with E-state index in [1.807, 2.05) is 0 Å². The molecule has 0 saturated carbocycles. The summed E-state index contributed by atoms with van der Waals surface area (Å²) in [6.45, 7) is 9.14. The monoisotopic (exact) mass is 346 g/mol. The SMILES string of the molecule is CC(C)S(=O)(=O)c1nn(CCN(C)C(=O)OC(C)(C)C)cc1N. The summed E-state index contributed by atoms with van der Waals surface area (Å²) in [6.07, 6.45) is 1.01. The van der Waals surface area contributed by atoms with Crippen LogP contribution in [0.15, 0.2) is 11.2 Å². The lowest BCUT2D eigenvalue weighted by molar-refractivity contribution is 0.0292. The van der Waals surface area contributed by atoms with Gasteiger partial charge in [0.15, 0.2) is 5.03 Å². The lowest BCUT2D eigenvalue weighted by atomic mass is 10.2. The van der Waals surface area contributed by atoms with Crippen molar-refractivity contribution < 1.29 is 17.9 Å². The molecular weight excluding hydrogens is 320 g/mol. The molecule has 0 aliphatic heterocycles. The summed E-state index contributed by atoms with van der Waals surface area (Å²) >= 11 is 0. The Kier molecular flexibility index (Phi) is 5.68. The van der Waals surface area contributed by atoms with Crippen molar-refractivity contribution in [2.24, 2.45) is 0 Å². The zero-order valence-corrected chi connectivity index (χ0v) is 15.3. The molecule has 0 aromatic carbocycles. The molecular formula is C14H26N4O4S. The molecule has 132 valence electrons. The summed E-state index contributed by atoms with van der Waals surface area (Å²) in [6, 6.07) is 0. The molecule has 1 rings (SSSR count). The fourth-order valence-corrected chi connectivity index (χ4v) is 2.71. The first-order valence-corrected chi connectivity index (χ1v) is 8.90. The minimum Gasteiger partial charge on any atom is -0.444 e. The maximum Gasteiger partial charge on any atom is 0.410 e. The van der Waals surface area contributed by atoms with Crippen LogP contribution >= 0.6 is 0 Å². The van der Waals surface area contributed by atoms with Gasteiger partial charge in [-0.15, -0.1) is 0 Å². The van der Waals surface area contributed by atoms with E-state index >= 15 is 0 Å². The number of hydrogen-bond acceptors (Lipinski definition) is 6. The molecule has 0 aliphatic rings. The number of amides is 1. The molecule has 9 heteroatoms. The normalized spacial score (nSPS) is 12.5. The van der Waals surface area contributed by atoms with Crippen LogP contribution in [0.4, 0.5) is 10.5 Å². The number of carbonyl (C=O) groups excluding carboxylic acids is 1. The van der Waals surface area contributed by atoms with Gasteiger partial charge in [0.05, 0.1) is 17.5 Å². The molecule has 0 unspecified atom stereocenters. The number of ether oxygens (including phenoxy) is 1. The van der Waals surface area contributed by atoms with E-state index in [1.54, 1.807) is 41.7 Å². The van der Waals surface area contributed by atoms with Crippen LogP contribution in [-0.2, 0) is 21.1 Å². The van der Waals surface area contributed by atoms with E-state index in [9.17, 15) is 13.2 Å². The minimum absolute atomic E-state index is 0.110. The Morgan fingerprint density at radius 3 is 2.48 bits per heavy atom. The Bertz CT molecular complexity index is 659. The van der Waals surface area contributed by atoms with E-state index in [-0.39, 0.29) is 10.7 Å². The molecule has 0 aliphatic carbocycles. The van der Waals surface area contributed by atoms with E-state index in [4.69, 9.17) is 10.5 Å². The standard InChI is InChI=1S/C14H26N4O4S/c1-10(2)23(20,21)12-11(15)9-18(16-12)8-7-17(6)13(19)22-14(3,4)5/h9-10H,7-8,15H2,1-6H3. The summed E-state index contributed by atoms with van der Waals surface area (Å²) in [4.78, 5) is 13.3. The molecule has 0 bridgehead atoms. The Labute approximate surface area is 137 Å². The largest absolute Gasteiger partial charge is 0.444 e. The van der Waals surface area contributed by atoms with Crippen molar-refractivity contribution in [3.63, 3.8) is 0 Å². The van der Waals surface area contributed by atoms with Gasteiger partial charge >= 0.3 is 6.09 Å². The number of nitrogen functional groups attached to an aromatic ring is 1. The van der Waals surface area contributed by atoms with Crippen molar-refractivity contribution >= 4 is 21.6 Å². The van der Waals surface area contributed by atoms with E-state index in [2.05, 4.69) is 5.10 Å². The quantitative estimate of drug-likeness (QED) is 0.866. The lowest BCUT2D eigenvalue weighted by Gasteiger charge is -2.24. The van der Waals surface area contributed by atoms with Crippen molar-refractivity contribution in [3.8, 4) is 0 Å². The van der Waals surface area contributed by atoms with Gasteiger partial charge in [0.2, 0.25) is 9.84 Å². The van der Waals surface area contributed by atoms with Crippen molar-refractivity contribution in [1.82, 2.24) is 14.7 Å². The van der Waals surface area contributed by atoms with Gasteiger partial charge in [0.25, 0.3) is 0 Å². The van der Waals surface area contributed by atoms with Crippen LogP contribution in [0.25, 0.3) is 0 Å². The number of likely N-dealkylation sites (N-methyl/N-ethyl adjacent to an activating group) is 1. The van der Waals surface area contributed by atoms with Gasteiger partial charge in [0.1, 0.15) is 5.60 Å². The van der Waals surface area contributed by atoms with Crippen LogP contribution in [0, 0.1) is 0 Å². The number of aromatic nitrogens is 2. The highest BCUT2D eigenvalue weighted by molar-refractivity contribution is 7.92. The van der Waals surface area contributed by atoms with Gasteiger partial charge in [0, 0.05) is 19.8 Å². The summed E-state index contributed by atoms with van der Waals surface area (Å²) in [5.41, 5.74) is 5.29. The first-order chi connectivity index (χ1) is 10.3. The fraction of sp³-hybridized carbons (Fsp3) is 0.714. The summed E-state index contributed by atoms with van der Waals surface area (Å²) in [5, 5.41) is 3.32. The van der Waals surface area contributed by atoms with Gasteiger partial charge in [-0.3, -0.25) is 4.68 Å². The Balaban J connectivity index is 2.76. The number of nitrogens with zero attached hydrogens (tertiary/aromatic N) is 3. The number of rotatable bonds is 5. The average Bonchev–Trinajstić information content (AvgIpc) is 2.75. The third-order valence-corrected chi connectivity index (χ3v) is 5.11. The number of sulfone groups is 1. The first kappa shape index (κ1) is 19.3. The Hall–Kier alpha value is -1.77. The van der Waals surface area contributed by atoms with Crippen LogP contribution in [0.5, 0.6) is 0 Å². The predicted octanol–water partition coefficient (Wildman–Crippen LogP) is 1.51. The van der Waals surface area contributed by atoms with Crippen molar-refractivity contribution in [1.29, 1.82) is 0 Å². The predicted molar refractivity (Wildman–Crippen MR) is 87.8 cm³/mol. The van der Waals surface area contributed by atoms with Gasteiger partial charge in [-0.25, -0.2) is 13.2 Å². The van der Waals surface area contributed by atoms with Gasteiger partial charge in [-0.2, -0.15) is 5.10 Å². The maximum absolute atomic E-state index is 12.1. The van der Waals surface area contributed by atoms with Crippen LogP contribution < -0.4 is 5.73 Å². The van der Waals surface area contributed by atoms with Crippen LogP contribution in [0.3, 0.4) is 0 Å². The third kappa shape index (κ3) is 5.12. The molecule has 1 aromatic heterocycles. The lowest BCUT2D eigenvalue weighted by Crippen LogP contribution is -2.36. The highest BCUT2D eigenvalue weighted by Gasteiger charge is 2.26. The molecule has 1 amide bonds. The summed E-state index contributed by atoms with van der Waals surface area (Å²) < 4.78 is 30.9. The molecule has 0 spiro atoms. The van der Waals surface area contributed by atoms with E-state index in [0.29, 0.717) is 13.1 Å². The highest BCUT2D eigenvalue weighted by Crippen LogP contribution is 2.20. The van der Waals surface area contributed by atoms with Gasteiger partial charge < -0.3 is 15.4 Å². The maximum atomic E-state index is 12.1. The zero-order chi connectivity index (χ0) is 18.0. The van der Waals surface area contributed by atoms with Crippen LogP contribution in [-0.4, -0.2) is 53.6 Å². The van der Waals surface area contributed by atoms with E-state index in [1.165, 1.54) is 15.8 Å². The fourth-order valence-electron chi connectivity index (χ4n) is 1.66. The molecule has 0 atom stereocenters. The second kappa shape index (κ2) is 6.77. The number of hydrogen-bond donors (Lipinski definition) is 1. The third-order valence-electron chi connectivity index (χ3n) is 3.01. The summed E-state index contributed by atoms with van der Waals surface area (Å²) in [7, 11) is -1.92. The topological polar surface area (TPSA) is 108 Å². The van der Waals surface area contributed by atoms with Crippen molar-refractivity contribution in [2.45, 2.75) is 57.0 Å². The molecule has 23 heavy (non-hydrogen) atoms. The van der Waals surface area contributed by atoms with Crippen molar-refractivity contribution in [2.75, 3.05) is 19.3 Å². The number of anilines is 1. The zero-order valence-electron chi connectivity index (χ0n) is 14.5. The molecule has 8 nitrogen and oxygen atoms in total. The van der Waals surface area contributed by atoms with Gasteiger partial charge in [-0.05, 0) is 34.6 Å². The minimum atomic E-state index is -3.53. The molecule has 0 fully saturated rings. The smallest absolute Gasteiger partial charge is 0.410 e. The average molecular weight is 346 g/mol. The number of carbonyl (C=O) groups is 1. The van der Waals surface area contributed by atoms with Gasteiger partial charge in [-0.1, -0.05) is 0 Å². The Morgan fingerprint density at radius 1 is 1.43 bits per heavy atom. The Morgan fingerprint density at radius 2 is 2.00 bits per heavy atom. The molecule has 2 N–H and O–H groups in total. The van der Waals surface area contributed by atoms with E-state index in [0.717, 1.165) is 0 Å². The second-order valence-electron chi connectivity index (χ2n) is 6.65. The second-order valence-corrected chi connectivity index (χ2v) is 9.07. The summed E-state index contributed by atoms with van der Waals surface area (Å²) in [5.74, 6) is 0. The molecule has 1 aromatic rings. The molecule has 1 heterocycles. The first-order valence-electron chi connectivity index (χ1n) is 7.35.